The summed E-state index contributed by atoms with van der Waals surface area (Å²) in [6, 6.07) is 9.76. The van der Waals surface area contributed by atoms with Crippen LogP contribution in [0.4, 0.5) is 4.39 Å². The van der Waals surface area contributed by atoms with E-state index in [0.29, 0.717) is 35.0 Å². The summed E-state index contributed by atoms with van der Waals surface area (Å²) in [5.41, 5.74) is 1.08. The van der Waals surface area contributed by atoms with Gasteiger partial charge in [-0.1, -0.05) is 6.07 Å². The summed E-state index contributed by atoms with van der Waals surface area (Å²) < 4.78 is 30.2. The number of hydrogen-bond acceptors (Lipinski definition) is 4. The Hall–Kier alpha value is -2.27. The fourth-order valence-corrected chi connectivity index (χ4v) is 2.23. The lowest BCUT2D eigenvalue weighted by atomic mass is 10.0. The largest absolute Gasteiger partial charge is 0.497 e. The summed E-state index contributed by atoms with van der Waals surface area (Å²) in [5, 5.41) is 9.13. The van der Waals surface area contributed by atoms with Gasteiger partial charge in [-0.3, -0.25) is 0 Å². The zero-order chi connectivity index (χ0) is 14.8. The fourth-order valence-electron chi connectivity index (χ4n) is 2.23. The molecule has 0 saturated carbocycles. The van der Waals surface area contributed by atoms with Crippen molar-refractivity contribution in [1.82, 2.24) is 0 Å². The van der Waals surface area contributed by atoms with Crippen LogP contribution >= 0.6 is 0 Å². The minimum atomic E-state index is -0.400. The number of aliphatic hydroxyl groups is 1. The molecular formula is C16H15FO4. The molecule has 3 rings (SSSR count). The van der Waals surface area contributed by atoms with Gasteiger partial charge < -0.3 is 19.3 Å². The zero-order valence-electron chi connectivity index (χ0n) is 11.5. The molecule has 5 heteroatoms. The first kappa shape index (κ1) is 13.7. The molecule has 0 fully saturated rings. The lowest BCUT2D eigenvalue weighted by molar-refractivity contribution is 0.0457. The smallest absolute Gasteiger partial charge is 0.162 e. The standard InChI is InChI=1S/C16H15FO4/c1-19-11-3-4-14(17)13(7-11)10-2-5-15-16(6-10)21-12(8-18)9-20-15/h2-7,12,18H,8-9H2,1H3. The van der Waals surface area contributed by atoms with E-state index in [9.17, 15) is 4.39 Å². The van der Waals surface area contributed by atoms with Crippen molar-refractivity contribution in [3.8, 4) is 28.4 Å². The van der Waals surface area contributed by atoms with Crippen molar-refractivity contribution >= 4 is 0 Å². The number of hydrogen-bond donors (Lipinski definition) is 1. The third-order valence-electron chi connectivity index (χ3n) is 3.35. The highest BCUT2D eigenvalue weighted by Crippen LogP contribution is 2.37. The molecule has 1 aliphatic rings. The van der Waals surface area contributed by atoms with E-state index in [4.69, 9.17) is 19.3 Å². The Labute approximate surface area is 121 Å². The first-order chi connectivity index (χ1) is 10.2. The predicted octanol–water partition coefficient (Wildman–Crippen LogP) is 2.63. The molecule has 110 valence electrons. The topological polar surface area (TPSA) is 47.9 Å². The van der Waals surface area contributed by atoms with Crippen molar-refractivity contribution in [2.75, 3.05) is 20.3 Å². The summed E-state index contributed by atoms with van der Waals surface area (Å²) in [6.45, 7) is 0.174. The lowest BCUT2D eigenvalue weighted by Gasteiger charge is -2.25. The lowest BCUT2D eigenvalue weighted by Crippen LogP contribution is -2.32. The van der Waals surface area contributed by atoms with E-state index < -0.39 is 6.10 Å². The molecule has 1 heterocycles. The van der Waals surface area contributed by atoms with Crippen LogP contribution in [0.5, 0.6) is 17.2 Å². The maximum absolute atomic E-state index is 14.0. The quantitative estimate of drug-likeness (QED) is 0.944. The van der Waals surface area contributed by atoms with E-state index >= 15 is 0 Å². The molecule has 21 heavy (non-hydrogen) atoms. The van der Waals surface area contributed by atoms with Crippen LogP contribution in [-0.4, -0.2) is 31.5 Å². The highest BCUT2D eigenvalue weighted by molar-refractivity contribution is 5.69. The maximum Gasteiger partial charge on any atom is 0.162 e. The Bertz CT molecular complexity index is 657. The van der Waals surface area contributed by atoms with Gasteiger partial charge in [0.15, 0.2) is 17.6 Å². The third kappa shape index (κ3) is 2.64. The summed E-state index contributed by atoms with van der Waals surface area (Å²) in [5.74, 6) is 1.33. The van der Waals surface area contributed by atoms with Crippen molar-refractivity contribution in [2.24, 2.45) is 0 Å². The molecule has 0 spiro atoms. The average molecular weight is 290 g/mol. The zero-order valence-corrected chi connectivity index (χ0v) is 11.5. The minimum absolute atomic E-state index is 0.128. The molecule has 1 atom stereocenters. The average Bonchev–Trinajstić information content (AvgIpc) is 2.54. The van der Waals surface area contributed by atoms with Crippen molar-refractivity contribution in [2.45, 2.75) is 6.10 Å². The third-order valence-corrected chi connectivity index (χ3v) is 3.35. The maximum atomic E-state index is 14.0. The van der Waals surface area contributed by atoms with Crippen LogP contribution < -0.4 is 14.2 Å². The fraction of sp³-hybridized carbons (Fsp3) is 0.250. The Kier molecular flexibility index (Phi) is 3.66. The van der Waals surface area contributed by atoms with Crippen LogP contribution in [0.3, 0.4) is 0 Å². The monoisotopic (exact) mass is 290 g/mol. The molecule has 4 nitrogen and oxygen atoms in total. The normalized spacial score (nSPS) is 16.6. The first-order valence-electron chi connectivity index (χ1n) is 6.59. The number of fused-ring (bicyclic) bond motifs is 1. The highest BCUT2D eigenvalue weighted by Gasteiger charge is 2.21. The highest BCUT2D eigenvalue weighted by atomic mass is 19.1. The van der Waals surface area contributed by atoms with Gasteiger partial charge in [0.1, 0.15) is 18.2 Å². The van der Waals surface area contributed by atoms with Gasteiger partial charge in [0.2, 0.25) is 0 Å². The van der Waals surface area contributed by atoms with Crippen LogP contribution in [0.1, 0.15) is 0 Å². The molecule has 0 aliphatic carbocycles. The van der Waals surface area contributed by atoms with Crippen LogP contribution in [0.15, 0.2) is 36.4 Å². The molecule has 1 unspecified atom stereocenters. The van der Waals surface area contributed by atoms with Crippen LogP contribution in [-0.2, 0) is 0 Å². The second-order valence-corrected chi connectivity index (χ2v) is 4.74. The van der Waals surface area contributed by atoms with Gasteiger partial charge in [0.05, 0.1) is 13.7 Å². The van der Waals surface area contributed by atoms with Crippen LogP contribution in [0, 0.1) is 5.82 Å². The Morgan fingerprint density at radius 1 is 1.24 bits per heavy atom. The molecule has 0 bridgehead atoms. The Morgan fingerprint density at radius 2 is 2.10 bits per heavy atom. The summed E-state index contributed by atoms with van der Waals surface area (Å²) in [4.78, 5) is 0. The van der Waals surface area contributed by atoms with Gasteiger partial charge in [-0.05, 0) is 35.9 Å². The van der Waals surface area contributed by atoms with E-state index in [2.05, 4.69) is 0 Å². The van der Waals surface area contributed by atoms with E-state index in [1.54, 1.807) is 30.3 Å². The SMILES string of the molecule is COc1ccc(F)c(-c2ccc3c(c2)OC(CO)CO3)c1. The molecule has 0 saturated heterocycles. The molecule has 2 aromatic carbocycles. The molecule has 0 aromatic heterocycles. The summed E-state index contributed by atoms with van der Waals surface area (Å²) in [7, 11) is 1.53. The predicted molar refractivity (Wildman–Crippen MR) is 75.4 cm³/mol. The summed E-state index contributed by atoms with van der Waals surface area (Å²) >= 11 is 0. The molecule has 2 aromatic rings. The van der Waals surface area contributed by atoms with E-state index in [0.717, 1.165) is 0 Å². The second-order valence-electron chi connectivity index (χ2n) is 4.74. The van der Waals surface area contributed by atoms with Crippen molar-refractivity contribution in [1.29, 1.82) is 0 Å². The van der Waals surface area contributed by atoms with Crippen molar-refractivity contribution in [3.63, 3.8) is 0 Å². The molecular weight excluding hydrogens is 275 g/mol. The number of aliphatic hydroxyl groups excluding tert-OH is 1. The summed E-state index contributed by atoms with van der Waals surface area (Å²) in [6.07, 6.45) is -0.400. The van der Waals surface area contributed by atoms with Gasteiger partial charge in [-0.2, -0.15) is 0 Å². The number of rotatable bonds is 3. The van der Waals surface area contributed by atoms with E-state index in [-0.39, 0.29) is 12.4 Å². The molecule has 0 radical (unpaired) electrons. The number of methoxy groups -OCH3 is 1. The Morgan fingerprint density at radius 3 is 2.86 bits per heavy atom. The number of ether oxygens (including phenoxy) is 3. The van der Waals surface area contributed by atoms with Gasteiger partial charge in [0.25, 0.3) is 0 Å². The van der Waals surface area contributed by atoms with E-state index in [1.807, 2.05) is 0 Å². The molecule has 1 N–H and O–H groups in total. The number of benzene rings is 2. The second kappa shape index (κ2) is 5.61. The van der Waals surface area contributed by atoms with Crippen molar-refractivity contribution in [3.05, 3.63) is 42.2 Å². The first-order valence-corrected chi connectivity index (χ1v) is 6.59. The molecule has 0 amide bonds. The van der Waals surface area contributed by atoms with Crippen molar-refractivity contribution < 1.29 is 23.7 Å². The van der Waals surface area contributed by atoms with Gasteiger partial charge in [0, 0.05) is 5.56 Å². The van der Waals surface area contributed by atoms with Crippen LogP contribution in [0.25, 0.3) is 11.1 Å². The van der Waals surface area contributed by atoms with Gasteiger partial charge in [-0.25, -0.2) is 4.39 Å². The number of halogens is 1. The Balaban J connectivity index is 2.00. The molecule has 1 aliphatic heterocycles. The van der Waals surface area contributed by atoms with Gasteiger partial charge >= 0.3 is 0 Å². The van der Waals surface area contributed by atoms with E-state index in [1.165, 1.54) is 13.2 Å². The van der Waals surface area contributed by atoms with Gasteiger partial charge in [-0.15, -0.1) is 0 Å². The minimum Gasteiger partial charge on any atom is -0.497 e. The van der Waals surface area contributed by atoms with Crippen LogP contribution in [0.2, 0.25) is 0 Å².